The van der Waals surface area contributed by atoms with E-state index in [-0.39, 0.29) is 0 Å². The highest BCUT2D eigenvalue weighted by molar-refractivity contribution is 6.33. The van der Waals surface area contributed by atoms with Crippen molar-refractivity contribution in [2.24, 2.45) is 4.99 Å². The minimum Gasteiger partial charge on any atom is -0.242 e. The van der Waals surface area contributed by atoms with Gasteiger partial charge in [-0.05, 0) is 23.8 Å². The first-order valence-corrected chi connectivity index (χ1v) is 4.02. The summed E-state index contributed by atoms with van der Waals surface area (Å²) in [7, 11) is 0. The predicted octanol–water partition coefficient (Wildman–Crippen LogP) is 3.25. The van der Waals surface area contributed by atoms with E-state index in [1.165, 1.54) is 0 Å². The molecular weight excluding hydrogens is 195 g/mol. The fourth-order valence-electron chi connectivity index (χ4n) is 0.789. The standard InChI is InChI=1S/C8H6Cl2N2/c9-7-1-2-8(10)6(3-7)4-12-5-11/h1-3,11H,4H2. The monoisotopic (exact) mass is 200 g/mol. The van der Waals surface area contributed by atoms with Crippen molar-refractivity contribution in [3.63, 3.8) is 0 Å². The van der Waals surface area contributed by atoms with E-state index in [1.54, 1.807) is 18.2 Å². The third-order valence-corrected chi connectivity index (χ3v) is 1.94. The highest BCUT2D eigenvalue weighted by Crippen LogP contribution is 2.20. The summed E-state index contributed by atoms with van der Waals surface area (Å²) in [5.74, 6) is 0. The maximum Gasteiger partial charge on any atom is 0.0865 e. The van der Waals surface area contributed by atoms with Gasteiger partial charge in [-0.3, -0.25) is 0 Å². The molecule has 0 amide bonds. The Labute approximate surface area is 80.3 Å². The van der Waals surface area contributed by atoms with Gasteiger partial charge in [0.2, 0.25) is 0 Å². The Balaban J connectivity index is 2.96. The zero-order valence-electron chi connectivity index (χ0n) is 6.14. The number of hydrogen-bond acceptors (Lipinski definition) is 2. The number of halogens is 2. The molecule has 0 fully saturated rings. The minimum atomic E-state index is 0.350. The number of aliphatic imine (C=N–C) groups is 1. The largest absolute Gasteiger partial charge is 0.242 e. The molecule has 0 aliphatic carbocycles. The van der Waals surface area contributed by atoms with E-state index in [1.807, 2.05) is 6.01 Å². The van der Waals surface area contributed by atoms with Gasteiger partial charge in [0, 0.05) is 10.0 Å². The third-order valence-electron chi connectivity index (χ3n) is 1.34. The Morgan fingerprint density at radius 1 is 1.42 bits per heavy atom. The van der Waals surface area contributed by atoms with E-state index in [0.717, 1.165) is 5.56 Å². The normalized spacial score (nSPS) is 9.17. The first kappa shape index (κ1) is 9.27. The van der Waals surface area contributed by atoms with Crippen LogP contribution in [0.4, 0.5) is 0 Å². The number of rotatable bonds is 2. The van der Waals surface area contributed by atoms with Crippen LogP contribution in [0.1, 0.15) is 5.56 Å². The van der Waals surface area contributed by atoms with Gasteiger partial charge in [-0.2, -0.15) is 0 Å². The second-order valence-corrected chi connectivity index (χ2v) is 3.01. The second kappa shape index (κ2) is 4.27. The average Bonchev–Trinajstić information content (AvgIpc) is 2.07. The van der Waals surface area contributed by atoms with Crippen LogP contribution in [0.2, 0.25) is 10.0 Å². The van der Waals surface area contributed by atoms with Gasteiger partial charge in [0.15, 0.2) is 0 Å². The van der Waals surface area contributed by atoms with Crippen LogP contribution in [0.25, 0.3) is 0 Å². The molecule has 0 radical (unpaired) electrons. The Kier molecular flexibility index (Phi) is 3.30. The lowest BCUT2D eigenvalue weighted by molar-refractivity contribution is 1.07. The van der Waals surface area contributed by atoms with Crippen LogP contribution in [-0.4, -0.2) is 6.01 Å². The molecule has 0 aliphatic rings. The topological polar surface area (TPSA) is 36.2 Å². The predicted molar refractivity (Wildman–Crippen MR) is 50.3 cm³/mol. The summed E-state index contributed by atoms with van der Waals surface area (Å²) in [4.78, 5) is 3.62. The maximum atomic E-state index is 6.58. The third kappa shape index (κ3) is 2.35. The molecule has 62 valence electrons. The highest BCUT2D eigenvalue weighted by Gasteiger charge is 1.98. The molecule has 0 atom stereocenters. The van der Waals surface area contributed by atoms with Crippen LogP contribution in [0.5, 0.6) is 0 Å². The molecule has 12 heavy (non-hydrogen) atoms. The molecule has 0 spiro atoms. The summed E-state index contributed by atoms with van der Waals surface area (Å²) < 4.78 is 0. The molecule has 0 saturated heterocycles. The zero-order valence-corrected chi connectivity index (χ0v) is 7.65. The van der Waals surface area contributed by atoms with Gasteiger partial charge in [0.05, 0.1) is 12.6 Å². The van der Waals surface area contributed by atoms with Gasteiger partial charge in [0.25, 0.3) is 0 Å². The molecule has 1 aromatic carbocycles. The van der Waals surface area contributed by atoms with Crippen molar-refractivity contribution < 1.29 is 0 Å². The van der Waals surface area contributed by atoms with E-state index in [9.17, 15) is 0 Å². The molecular formula is C8H6Cl2N2. The molecule has 4 heteroatoms. The summed E-state index contributed by atoms with van der Waals surface area (Å²) in [5, 5.41) is 7.81. The number of hydrogen-bond donors (Lipinski definition) is 1. The van der Waals surface area contributed by atoms with Crippen LogP contribution < -0.4 is 0 Å². The summed E-state index contributed by atoms with van der Waals surface area (Å²) in [6.07, 6.45) is 0. The van der Waals surface area contributed by atoms with Crippen LogP contribution in [0.3, 0.4) is 0 Å². The van der Waals surface area contributed by atoms with E-state index < -0.39 is 0 Å². The van der Waals surface area contributed by atoms with E-state index in [2.05, 4.69) is 4.99 Å². The summed E-state index contributed by atoms with van der Waals surface area (Å²) in [6.45, 7) is 0.350. The van der Waals surface area contributed by atoms with Crippen molar-refractivity contribution in [1.29, 1.82) is 5.41 Å². The lowest BCUT2D eigenvalue weighted by Crippen LogP contribution is -1.82. The smallest absolute Gasteiger partial charge is 0.0865 e. The fourth-order valence-corrected chi connectivity index (χ4v) is 1.16. The molecule has 1 N–H and O–H groups in total. The van der Waals surface area contributed by atoms with E-state index in [0.29, 0.717) is 16.6 Å². The Morgan fingerprint density at radius 3 is 2.83 bits per heavy atom. The average molecular weight is 201 g/mol. The first-order valence-electron chi connectivity index (χ1n) is 3.26. The first-order chi connectivity index (χ1) is 5.74. The van der Waals surface area contributed by atoms with Crippen LogP contribution in [0, 0.1) is 5.41 Å². The molecule has 0 unspecified atom stereocenters. The quantitative estimate of drug-likeness (QED) is 0.713. The van der Waals surface area contributed by atoms with Gasteiger partial charge in [-0.1, -0.05) is 23.2 Å². The van der Waals surface area contributed by atoms with Gasteiger partial charge >= 0.3 is 0 Å². The number of nitrogens with one attached hydrogen (secondary N) is 1. The molecule has 1 aromatic rings. The van der Waals surface area contributed by atoms with Crippen LogP contribution >= 0.6 is 23.2 Å². The number of benzene rings is 1. The van der Waals surface area contributed by atoms with E-state index in [4.69, 9.17) is 28.6 Å². The van der Waals surface area contributed by atoms with Gasteiger partial charge in [-0.25, -0.2) is 10.4 Å². The molecule has 0 saturated carbocycles. The molecule has 2 nitrogen and oxygen atoms in total. The molecule has 0 aromatic heterocycles. The molecule has 0 aliphatic heterocycles. The van der Waals surface area contributed by atoms with Crippen molar-refractivity contribution in [2.75, 3.05) is 0 Å². The summed E-state index contributed by atoms with van der Waals surface area (Å²) >= 11 is 11.6. The highest BCUT2D eigenvalue weighted by atomic mass is 35.5. The summed E-state index contributed by atoms with van der Waals surface area (Å²) in [6, 6.07) is 7.08. The Hall–Kier alpha value is -0.820. The van der Waals surface area contributed by atoms with E-state index >= 15 is 0 Å². The van der Waals surface area contributed by atoms with Crippen molar-refractivity contribution >= 4 is 29.2 Å². The molecule has 0 heterocycles. The van der Waals surface area contributed by atoms with Gasteiger partial charge in [-0.15, -0.1) is 0 Å². The number of nitrogens with zero attached hydrogens (tertiary/aromatic N) is 1. The van der Waals surface area contributed by atoms with Crippen molar-refractivity contribution in [2.45, 2.75) is 6.54 Å². The fraction of sp³-hybridized carbons (Fsp3) is 0.125. The van der Waals surface area contributed by atoms with Gasteiger partial charge < -0.3 is 0 Å². The lowest BCUT2D eigenvalue weighted by Gasteiger charge is -1.99. The van der Waals surface area contributed by atoms with Crippen LogP contribution in [0.15, 0.2) is 23.2 Å². The molecule has 0 bridgehead atoms. The Bertz CT molecular complexity index is 330. The van der Waals surface area contributed by atoms with Crippen molar-refractivity contribution in [3.8, 4) is 0 Å². The Morgan fingerprint density at radius 2 is 2.17 bits per heavy atom. The zero-order chi connectivity index (χ0) is 8.97. The van der Waals surface area contributed by atoms with Gasteiger partial charge in [0.1, 0.15) is 0 Å². The summed E-state index contributed by atoms with van der Waals surface area (Å²) in [5.41, 5.74) is 0.809. The second-order valence-electron chi connectivity index (χ2n) is 2.16. The SMILES string of the molecule is N=C=NCc1cc(Cl)ccc1Cl. The minimum absolute atomic E-state index is 0.350. The van der Waals surface area contributed by atoms with Crippen molar-refractivity contribution in [1.82, 2.24) is 0 Å². The lowest BCUT2D eigenvalue weighted by atomic mass is 10.2. The maximum absolute atomic E-state index is 6.58. The van der Waals surface area contributed by atoms with Crippen molar-refractivity contribution in [3.05, 3.63) is 33.8 Å². The van der Waals surface area contributed by atoms with Crippen LogP contribution in [-0.2, 0) is 6.54 Å². The molecule has 1 rings (SSSR count).